The van der Waals surface area contributed by atoms with Crippen LogP contribution in [0.15, 0.2) is 30.3 Å². The molecule has 0 aliphatic carbocycles. The van der Waals surface area contributed by atoms with E-state index >= 15 is 0 Å². The average molecular weight is 274 g/mol. The number of aryl methyl sites for hydroxylation is 1. The molecule has 0 radical (unpaired) electrons. The van der Waals surface area contributed by atoms with Crippen LogP contribution in [0.3, 0.4) is 0 Å². The molecule has 1 N–H and O–H groups in total. The molecular formula is C16H22N2S. The van der Waals surface area contributed by atoms with Gasteiger partial charge >= 0.3 is 0 Å². The van der Waals surface area contributed by atoms with Crippen LogP contribution < -0.4 is 5.32 Å². The van der Waals surface area contributed by atoms with Crippen molar-refractivity contribution < 1.29 is 0 Å². The summed E-state index contributed by atoms with van der Waals surface area (Å²) in [6.07, 6.45) is 2.07. The Labute approximate surface area is 119 Å². The van der Waals surface area contributed by atoms with E-state index in [1.807, 2.05) is 11.3 Å². The number of hydrogen-bond acceptors (Lipinski definition) is 3. The van der Waals surface area contributed by atoms with Gasteiger partial charge in [0.05, 0.1) is 10.7 Å². The van der Waals surface area contributed by atoms with Gasteiger partial charge in [0.15, 0.2) is 0 Å². The number of rotatable bonds is 6. The Morgan fingerprint density at radius 3 is 2.58 bits per heavy atom. The first-order valence-electron chi connectivity index (χ1n) is 6.98. The van der Waals surface area contributed by atoms with Crippen LogP contribution in [0, 0.1) is 0 Å². The molecule has 102 valence electrons. The maximum Gasteiger partial charge on any atom is 0.0932 e. The Kier molecular flexibility index (Phi) is 5.11. The molecule has 19 heavy (non-hydrogen) atoms. The fourth-order valence-corrected chi connectivity index (χ4v) is 3.05. The highest BCUT2D eigenvalue weighted by atomic mass is 32.1. The van der Waals surface area contributed by atoms with Gasteiger partial charge in [0.1, 0.15) is 0 Å². The van der Waals surface area contributed by atoms with Crippen molar-refractivity contribution in [3.8, 4) is 11.3 Å². The summed E-state index contributed by atoms with van der Waals surface area (Å²) in [5, 5.41) is 4.71. The van der Waals surface area contributed by atoms with Gasteiger partial charge in [-0.2, -0.15) is 0 Å². The number of nitrogens with zero attached hydrogens (tertiary/aromatic N) is 1. The van der Waals surface area contributed by atoms with Gasteiger partial charge in [0, 0.05) is 23.0 Å². The lowest BCUT2D eigenvalue weighted by atomic mass is 10.1. The van der Waals surface area contributed by atoms with Gasteiger partial charge in [-0.25, -0.2) is 4.98 Å². The van der Waals surface area contributed by atoms with Gasteiger partial charge in [0.25, 0.3) is 0 Å². The summed E-state index contributed by atoms with van der Waals surface area (Å²) in [6, 6.07) is 11.0. The van der Waals surface area contributed by atoms with Gasteiger partial charge < -0.3 is 5.32 Å². The Hall–Kier alpha value is -1.19. The van der Waals surface area contributed by atoms with Crippen LogP contribution in [0.1, 0.15) is 30.7 Å². The lowest BCUT2D eigenvalue weighted by molar-refractivity contribution is 0.592. The smallest absolute Gasteiger partial charge is 0.0932 e. The van der Waals surface area contributed by atoms with Crippen molar-refractivity contribution in [2.75, 3.05) is 6.54 Å². The molecule has 0 amide bonds. The number of nitrogens with one attached hydrogen (secondary N) is 1. The van der Waals surface area contributed by atoms with E-state index in [1.165, 1.54) is 21.1 Å². The van der Waals surface area contributed by atoms with Gasteiger partial charge in [-0.15, -0.1) is 11.3 Å². The second-order valence-corrected chi connectivity index (χ2v) is 6.13. The molecule has 0 spiro atoms. The van der Waals surface area contributed by atoms with Gasteiger partial charge in [0.2, 0.25) is 0 Å². The molecule has 3 heteroatoms. The summed E-state index contributed by atoms with van der Waals surface area (Å²) in [4.78, 5) is 6.19. The molecule has 1 aromatic carbocycles. The molecule has 0 saturated heterocycles. The standard InChI is InChI=1S/C16H22N2S/c1-4-15-18-16(13-8-6-5-7-9-13)14(19-15)10-11-17-12(2)3/h5-9,12,17H,4,10-11H2,1-3H3. The van der Waals surface area contributed by atoms with Crippen LogP contribution in [0.4, 0.5) is 0 Å². The molecule has 1 heterocycles. The van der Waals surface area contributed by atoms with E-state index in [9.17, 15) is 0 Å². The first kappa shape index (κ1) is 14.2. The van der Waals surface area contributed by atoms with E-state index < -0.39 is 0 Å². The van der Waals surface area contributed by atoms with Crippen molar-refractivity contribution in [3.05, 3.63) is 40.2 Å². The zero-order valence-corrected chi connectivity index (χ0v) is 12.8. The van der Waals surface area contributed by atoms with Gasteiger partial charge in [-0.1, -0.05) is 51.1 Å². The Bertz CT molecular complexity index is 503. The minimum Gasteiger partial charge on any atom is -0.314 e. The van der Waals surface area contributed by atoms with Crippen molar-refractivity contribution in [1.29, 1.82) is 0 Å². The molecule has 0 fully saturated rings. The summed E-state index contributed by atoms with van der Waals surface area (Å²) in [6.45, 7) is 7.55. The fraction of sp³-hybridized carbons (Fsp3) is 0.438. The molecule has 0 aliphatic rings. The summed E-state index contributed by atoms with van der Waals surface area (Å²) in [5.41, 5.74) is 2.41. The normalized spacial score (nSPS) is 11.2. The lowest BCUT2D eigenvalue weighted by Gasteiger charge is -2.07. The van der Waals surface area contributed by atoms with E-state index in [0.29, 0.717) is 6.04 Å². The molecule has 0 bridgehead atoms. The Balaban J connectivity index is 2.19. The van der Waals surface area contributed by atoms with Gasteiger partial charge in [-0.05, 0) is 12.8 Å². The largest absolute Gasteiger partial charge is 0.314 e. The second kappa shape index (κ2) is 6.83. The summed E-state index contributed by atoms with van der Waals surface area (Å²) < 4.78 is 0. The van der Waals surface area contributed by atoms with E-state index in [1.54, 1.807) is 0 Å². The number of benzene rings is 1. The third kappa shape index (κ3) is 3.88. The van der Waals surface area contributed by atoms with Crippen molar-refractivity contribution in [2.45, 2.75) is 39.7 Å². The van der Waals surface area contributed by atoms with E-state index in [4.69, 9.17) is 4.98 Å². The minimum atomic E-state index is 0.541. The molecule has 0 saturated carbocycles. The predicted octanol–water partition coefficient (Wildman–Crippen LogP) is 3.91. The quantitative estimate of drug-likeness (QED) is 0.864. The van der Waals surface area contributed by atoms with E-state index in [-0.39, 0.29) is 0 Å². The predicted molar refractivity (Wildman–Crippen MR) is 83.8 cm³/mol. The summed E-state index contributed by atoms with van der Waals surface area (Å²) >= 11 is 1.85. The maximum atomic E-state index is 4.79. The minimum absolute atomic E-state index is 0.541. The van der Waals surface area contributed by atoms with Crippen LogP contribution in [0.5, 0.6) is 0 Å². The summed E-state index contributed by atoms with van der Waals surface area (Å²) in [7, 11) is 0. The zero-order chi connectivity index (χ0) is 13.7. The third-order valence-electron chi connectivity index (χ3n) is 3.00. The maximum absolute atomic E-state index is 4.79. The zero-order valence-electron chi connectivity index (χ0n) is 11.9. The van der Waals surface area contributed by atoms with Crippen LogP contribution in [-0.4, -0.2) is 17.6 Å². The summed E-state index contributed by atoms with van der Waals surface area (Å²) in [5.74, 6) is 0. The van der Waals surface area contributed by atoms with Crippen LogP contribution in [-0.2, 0) is 12.8 Å². The molecule has 0 atom stereocenters. The van der Waals surface area contributed by atoms with E-state index in [2.05, 4.69) is 56.4 Å². The number of thiazole rings is 1. The topological polar surface area (TPSA) is 24.9 Å². The molecule has 1 aromatic heterocycles. The number of aromatic nitrogens is 1. The van der Waals surface area contributed by atoms with Crippen LogP contribution >= 0.6 is 11.3 Å². The van der Waals surface area contributed by atoms with Crippen molar-refractivity contribution >= 4 is 11.3 Å². The SMILES string of the molecule is CCc1nc(-c2ccccc2)c(CCNC(C)C)s1. The molecular weight excluding hydrogens is 252 g/mol. The first-order valence-corrected chi connectivity index (χ1v) is 7.79. The molecule has 2 aromatic rings. The van der Waals surface area contributed by atoms with Crippen molar-refractivity contribution in [1.82, 2.24) is 10.3 Å². The average Bonchev–Trinajstić information content (AvgIpc) is 2.83. The van der Waals surface area contributed by atoms with Crippen LogP contribution in [0.25, 0.3) is 11.3 Å². The Morgan fingerprint density at radius 1 is 1.21 bits per heavy atom. The Morgan fingerprint density at radius 2 is 1.95 bits per heavy atom. The highest BCUT2D eigenvalue weighted by Crippen LogP contribution is 2.28. The highest BCUT2D eigenvalue weighted by Gasteiger charge is 2.11. The first-order chi connectivity index (χ1) is 9.20. The monoisotopic (exact) mass is 274 g/mol. The molecule has 2 rings (SSSR count). The van der Waals surface area contributed by atoms with Gasteiger partial charge in [-0.3, -0.25) is 0 Å². The lowest BCUT2D eigenvalue weighted by Crippen LogP contribution is -2.24. The fourth-order valence-electron chi connectivity index (χ4n) is 2.02. The molecule has 2 nitrogen and oxygen atoms in total. The van der Waals surface area contributed by atoms with E-state index in [0.717, 1.165) is 19.4 Å². The highest BCUT2D eigenvalue weighted by molar-refractivity contribution is 7.12. The van der Waals surface area contributed by atoms with Crippen molar-refractivity contribution in [2.24, 2.45) is 0 Å². The number of hydrogen-bond donors (Lipinski definition) is 1. The second-order valence-electron chi connectivity index (χ2n) is 4.96. The molecule has 0 unspecified atom stereocenters. The van der Waals surface area contributed by atoms with Crippen LogP contribution in [0.2, 0.25) is 0 Å². The third-order valence-corrected chi connectivity index (χ3v) is 4.26. The van der Waals surface area contributed by atoms with Crippen molar-refractivity contribution in [3.63, 3.8) is 0 Å². The molecule has 0 aliphatic heterocycles.